The molecule has 11 heavy (non-hydrogen) atoms. The molecule has 4 heteroatoms. The van der Waals surface area contributed by atoms with Gasteiger partial charge in [0.05, 0.1) is 11.8 Å². The first-order valence-electron chi connectivity index (χ1n) is 3.15. The Hall–Kier alpha value is -1.44. The maximum Gasteiger partial charge on any atom is 0.150 e. The van der Waals surface area contributed by atoms with Crippen molar-refractivity contribution in [2.75, 3.05) is 0 Å². The lowest BCUT2D eigenvalue weighted by molar-refractivity contribution is 0.649. The van der Waals surface area contributed by atoms with Crippen molar-refractivity contribution in [3.8, 4) is 6.07 Å². The molecule has 1 aromatic rings. The lowest BCUT2D eigenvalue weighted by Crippen LogP contribution is -2.27. The molecule has 0 aliphatic carbocycles. The molecule has 0 aliphatic heterocycles. The van der Waals surface area contributed by atoms with Crippen LogP contribution in [0.1, 0.15) is 11.7 Å². The topological polar surface area (TPSA) is 74.7 Å². The highest BCUT2D eigenvalue weighted by atomic mass is 15.2. The number of hydrogen-bond acceptors (Lipinski definition) is 4. The first-order chi connectivity index (χ1) is 5.38. The summed E-state index contributed by atoms with van der Waals surface area (Å²) in [4.78, 5) is 3.96. The van der Waals surface area contributed by atoms with Crippen molar-refractivity contribution in [1.82, 2.24) is 10.4 Å². The summed E-state index contributed by atoms with van der Waals surface area (Å²) in [6.45, 7) is 0. The molecule has 1 unspecified atom stereocenters. The number of nitriles is 1. The van der Waals surface area contributed by atoms with Gasteiger partial charge in [-0.2, -0.15) is 5.26 Å². The predicted octanol–water partition coefficient (Wildman–Crippen LogP) is 0.110. The van der Waals surface area contributed by atoms with Gasteiger partial charge < -0.3 is 0 Å². The second kappa shape index (κ2) is 3.66. The first kappa shape index (κ1) is 7.66. The monoisotopic (exact) mass is 148 g/mol. The van der Waals surface area contributed by atoms with Crippen molar-refractivity contribution in [2.45, 2.75) is 6.04 Å². The lowest BCUT2D eigenvalue weighted by atomic mass is 10.2. The minimum absolute atomic E-state index is 0.517. The van der Waals surface area contributed by atoms with Crippen molar-refractivity contribution in [2.24, 2.45) is 5.84 Å². The van der Waals surface area contributed by atoms with Crippen LogP contribution < -0.4 is 11.3 Å². The molecule has 0 amide bonds. The average Bonchev–Trinajstić information content (AvgIpc) is 2.09. The average molecular weight is 148 g/mol. The van der Waals surface area contributed by atoms with Crippen molar-refractivity contribution >= 4 is 0 Å². The molecule has 1 aromatic heterocycles. The zero-order valence-electron chi connectivity index (χ0n) is 5.86. The highest BCUT2D eigenvalue weighted by Crippen LogP contribution is 2.04. The highest BCUT2D eigenvalue weighted by Gasteiger charge is 2.06. The smallest absolute Gasteiger partial charge is 0.150 e. The van der Waals surface area contributed by atoms with E-state index in [0.717, 1.165) is 0 Å². The van der Waals surface area contributed by atoms with E-state index >= 15 is 0 Å². The van der Waals surface area contributed by atoms with Crippen molar-refractivity contribution in [1.29, 1.82) is 5.26 Å². The molecule has 0 aliphatic rings. The van der Waals surface area contributed by atoms with Gasteiger partial charge in [0.2, 0.25) is 0 Å². The summed E-state index contributed by atoms with van der Waals surface area (Å²) in [6, 6.07) is 6.79. The summed E-state index contributed by atoms with van der Waals surface area (Å²) < 4.78 is 0. The van der Waals surface area contributed by atoms with Gasteiger partial charge in [0.15, 0.2) is 0 Å². The molecule has 0 radical (unpaired) electrons. The number of nitrogens with zero attached hydrogens (tertiary/aromatic N) is 2. The van der Waals surface area contributed by atoms with E-state index in [2.05, 4.69) is 10.4 Å². The summed E-state index contributed by atoms with van der Waals surface area (Å²) >= 11 is 0. The van der Waals surface area contributed by atoms with Crippen LogP contribution in [0, 0.1) is 11.3 Å². The van der Waals surface area contributed by atoms with Gasteiger partial charge in [0.25, 0.3) is 0 Å². The van der Waals surface area contributed by atoms with Gasteiger partial charge in [-0.15, -0.1) is 0 Å². The minimum Gasteiger partial charge on any atom is -0.270 e. The van der Waals surface area contributed by atoms with Gasteiger partial charge in [-0.05, 0) is 12.1 Å². The van der Waals surface area contributed by atoms with E-state index < -0.39 is 6.04 Å². The zero-order valence-corrected chi connectivity index (χ0v) is 5.86. The summed E-state index contributed by atoms with van der Waals surface area (Å²) in [6.07, 6.45) is 1.62. The molecule has 1 atom stereocenters. The summed E-state index contributed by atoms with van der Waals surface area (Å²) in [5.41, 5.74) is 2.98. The van der Waals surface area contributed by atoms with Crippen LogP contribution in [0.15, 0.2) is 24.4 Å². The number of pyridine rings is 1. The van der Waals surface area contributed by atoms with Crippen LogP contribution in [0.5, 0.6) is 0 Å². The second-order valence-corrected chi connectivity index (χ2v) is 1.98. The molecular weight excluding hydrogens is 140 g/mol. The Bertz CT molecular complexity index is 251. The van der Waals surface area contributed by atoms with Crippen molar-refractivity contribution in [3.63, 3.8) is 0 Å². The van der Waals surface area contributed by atoms with E-state index in [1.807, 2.05) is 12.1 Å². The number of hydrogen-bond donors (Lipinski definition) is 2. The van der Waals surface area contributed by atoms with Crippen LogP contribution in [-0.2, 0) is 0 Å². The van der Waals surface area contributed by atoms with Crippen molar-refractivity contribution in [3.05, 3.63) is 30.1 Å². The zero-order chi connectivity index (χ0) is 8.10. The fourth-order valence-corrected chi connectivity index (χ4v) is 0.736. The molecule has 0 fully saturated rings. The van der Waals surface area contributed by atoms with Crippen LogP contribution in [-0.4, -0.2) is 4.98 Å². The van der Waals surface area contributed by atoms with E-state index in [1.165, 1.54) is 0 Å². The van der Waals surface area contributed by atoms with E-state index in [-0.39, 0.29) is 0 Å². The number of aromatic nitrogens is 1. The number of nitrogens with one attached hydrogen (secondary N) is 1. The van der Waals surface area contributed by atoms with Gasteiger partial charge in [-0.25, -0.2) is 5.43 Å². The Morgan fingerprint density at radius 3 is 2.91 bits per heavy atom. The molecule has 0 aromatic carbocycles. The van der Waals surface area contributed by atoms with Gasteiger partial charge in [0.1, 0.15) is 6.04 Å². The highest BCUT2D eigenvalue weighted by molar-refractivity contribution is 5.14. The molecule has 3 N–H and O–H groups in total. The SMILES string of the molecule is N#CC(NN)c1ccccn1. The van der Waals surface area contributed by atoms with Gasteiger partial charge in [0, 0.05) is 6.20 Å². The Labute approximate surface area is 64.6 Å². The third kappa shape index (κ3) is 1.74. The number of nitrogens with two attached hydrogens (primary N) is 1. The van der Waals surface area contributed by atoms with Gasteiger partial charge in [-0.3, -0.25) is 10.8 Å². The normalized spacial score (nSPS) is 12.0. The Balaban J connectivity index is 2.85. The van der Waals surface area contributed by atoms with Crippen LogP contribution in [0.3, 0.4) is 0 Å². The van der Waals surface area contributed by atoms with Crippen LogP contribution in [0.4, 0.5) is 0 Å². The van der Waals surface area contributed by atoms with E-state index in [0.29, 0.717) is 5.69 Å². The molecular formula is C7H8N4. The summed E-state index contributed by atoms with van der Waals surface area (Å²) in [5, 5.41) is 8.55. The molecule has 0 spiro atoms. The number of rotatable bonds is 2. The Kier molecular flexibility index (Phi) is 2.55. The van der Waals surface area contributed by atoms with E-state index in [4.69, 9.17) is 11.1 Å². The maximum atomic E-state index is 8.55. The summed E-state index contributed by atoms with van der Waals surface area (Å²) in [7, 11) is 0. The Morgan fingerprint density at radius 1 is 1.64 bits per heavy atom. The fraction of sp³-hybridized carbons (Fsp3) is 0.143. The molecule has 0 saturated carbocycles. The fourth-order valence-electron chi connectivity index (χ4n) is 0.736. The molecule has 1 rings (SSSR count). The first-order valence-corrected chi connectivity index (χ1v) is 3.15. The van der Waals surface area contributed by atoms with Crippen LogP contribution >= 0.6 is 0 Å². The third-order valence-corrected chi connectivity index (χ3v) is 1.28. The second-order valence-electron chi connectivity index (χ2n) is 1.98. The maximum absolute atomic E-state index is 8.55. The quantitative estimate of drug-likeness (QED) is 0.461. The standard InChI is InChI=1S/C7H8N4/c8-5-7(11-9)6-3-1-2-4-10-6/h1-4,7,11H,9H2. The number of hydrazine groups is 1. The van der Waals surface area contributed by atoms with E-state index in [9.17, 15) is 0 Å². The molecule has 1 heterocycles. The van der Waals surface area contributed by atoms with Crippen molar-refractivity contribution < 1.29 is 0 Å². The minimum atomic E-state index is -0.517. The largest absolute Gasteiger partial charge is 0.270 e. The van der Waals surface area contributed by atoms with Gasteiger partial charge in [-0.1, -0.05) is 6.07 Å². The molecule has 0 saturated heterocycles. The summed E-state index contributed by atoms with van der Waals surface area (Å²) in [5.74, 6) is 5.10. The third-order valence-electron chi connectivity index (χ3n) is 1.28. The van der Waals surface area contributed by atoms with Gasteiger partial charge >= 0.3 is 0 Å². The lowest BCUT2D eigenvalue weighted by Gasteiger charge is -2.04. The molecule has 56 valence electrons. The molecule has 4 nitrogen and oxygen atoms in total. The van der Waals surface area contributed by atoms with E-state index in [1.54, 1.807) is 18.3 Å². The Morgan fingerprint density at radius 2 is 2.45 bits per heavy atom. The van der Waals surface area contributed by atoms with Crippen LogP contribution in [0.25, 0.3) is 0 Å². The molecule has 0 bridgehead atoms. The van der Waals surface area contributed by atoms with Crippen LogP contribution in [0.2, 0.25) is 0 Å². The predicted molar refractivity (Wildman–Crippen MR) is 39.9 cm³/mol.